The van der Waals surface area contributed by atoms with Gasteiger partial charge in [0.15, 0.2) is 17.4 Å². The summed E-state index contributed by atoms with van der Waals surface area (Å²) in [5.41, 5.74) is 0. The quantitative estimate of drug-likeness (QED) is 0.169. The zero-order chi connectivity index (χ0) is 9.00. The molecule has 0 aliphatic carbocycles. The topological polar surface area (TPSA) is 190 Å². The SMILES string of the molecule is O.O=P(O)(O)O.O[Si](O)(O)O.[AlH3].[Ca+2].[H-].[H-]. The molecule has 0 spiro atoms. The van der Waals surface area contributed by atoms with E-state index in [0.717, 1.165) is 0 Å². The van der Waals surface area contributed by atoms with Crippen molar-refractivity contribution in [2.24, 2.45) is 0 Å². The fourth-order valence-corrected chi connectivity index (χ4v) is 0. The summed E-state index contributed by atoms with van der Waals surface area (Å²) in [6.07, 6.45) is 0. The first-order valence-electron chi connectivity index (χ1n) is 1.68. The Kier molecular flexibility index (Phi) is 27.1. The fraction of sp³-hybridized carbons (Fsp3) is 0. The second kappa shape index (κ2) is 12.0. The van der Waals surface area contributed by atoms with Crippen LogP contribution in [0.3, 0.4) is 0 Å². The van der Waals surface area contributed by atoms with E-state index in [1.807, 2.05) is 0 Å². The normalized spacial score (nSPS) is 9.15. The smallest absolute Gasteiger partial charge is 1.00 e. The summed E-state index contributed by atoms with van der Waals surface area (Å²) in [6, 6.07) is 0. The van der Waals surface area contributed by atoms with Gasteiger partial charge in [-0.2, -0.15) is 0 Å². The molecule has 0 aliphatic rings. The van der Waals surface area contributed by atoms with Crippen molar-refractivity contribution < 1.29 is 46.8 Å². The minimum Gasteiger partial charge on any atom is -1.00 e. The molecule has 0 bridgehead atoms. The Labute approximate surface area is 118 Å². The van der Waals surface area contributed by atoms with E-state index in [2.05, 4.69) is 0 Å². The maximum absolute atomic E-state index is 8.88. The van der Waals surface area contributed by atoms with E-state index in [4.69, 9.17) is 38.4 Å². The van der Waals surface area contributed by atoms with Crippen LogP contribution < -0.4 is 0 Å². The van der Waals surface area contributed by atoms with Gasteiger partial charge in [0.1, 0.15) is 0 Å². The number of hydrogen-bond acceptors (Lipinski definition) is 5. The van der Waals surface area contributed by atoms with E-state index in [0.29, 0.717) is 0 Å². The Morgan fingerprint density at radius 3 is 1.00 bits per heavy atom. The Morgan fingerprint density at radius 1 is 1.00 bits per heavy atom. The first-order chi connectivity index (χ1) is 4.00. The van der Waals surface area contributed by atoms with Crippen molar-refractivity contribution in [1.82, 2.24) is 0 Å². The van der Waals surface area contributed by atoms with Crippen molar-refractivity contribution in [3.63, 3.8) is 0 Å². The van der Waals surface area contributed by atoms with Gasteiger partial charge in [0, 0.05) is 0 Å². The van der Waals surface area contributed by atoms with Crippen molar-refractivity contribution in [1.29, 1.82) is 0 Å². The van der Waals surface area contributed by atoms with E-state index < -0.39 is 16.9 Å². The van der Waals surface area contributed by atoms with Crippen LogP contribution in [0.1, 0.15) is 2.85 Å². The maximum atomic E-state index is 8.88. The molecule has 0 saturated heterocycles. The van der Waals surface area contributed by atoms with Crippen LogP contribution in [0.15, 0.2) is 0 Å². The molecule has 0 radical (unpaired) electrons. The number of phosphoric acid groups is 1. The minimum atomic E-state index is -4.64. The molecular weight excluding hydrogens is 270 g/mol. The third-order valence-electron chi connectivity index (χ3n) is 0. The van der Waals surface area contributed by atoms with Gasteiger partial charge in [-0.1, -0.05) is 0 Å². The largest absolute Gasteiger partial charge is 2.00 e. The van der Waals surface area contributed by atoms with E-state index in [1.54, 1.807) is 0 Å². The van der Waals surface area contributed by atoms with Gasteiger partial charge in [-0.3, -0.25) is 0 Å². The number of rotatable bonds is 0. The molecule has 0 atom stereocenters. The monoisotopic (exact) mass is 284 g/mol. The maximum Gasteiger partial charge on any atom is 2.00 e. The first kappa shape index (κ1) is 29.4. The average molecular weight is 284 g/mol. The molecule has 9 nitrogen and oxygen atoms in total. The third-order valence-corrected chi connectivity index (χ3v) is 0. The van der Waals surface area contributed by atoms with Crippen LogP contribution in [-0.2, 0) is 4.57 Å². The average Bonchev–Trinajstić information content (AvgIpc) is 1.12. The molecule has 0 aromatic carbocycles. The van der Waals surface area contributed by atoms with Gasteiger partial charge in [0.05, 0.1) is 0 Å². The Bertz CT molecular complexity index is 120. The molecule has 0 aromatic heterocycles. The van der Waals surface area contributed by atoms with Crippen LogP contribution >= 0.6 is 7.82 Å². The van der Waals surface area contributed by atoms with Gasteiger partial charge in [0.25, 0.3) is 0 Å². The molecule has 0 unspecified atom stereocenters. The predicted octanol–water partition coefficient (Wildman–Crippen LogP) is -5.70. The third kappa shape index (κ3) is 537. The van der Waals surface area contributed by atoms with Crippen molar-refractivity contribution in [2.45, 2.75) is 0 Å². The van der Waals surface area contributed by atoms with E-state index in [9.17, 15) is 0 Å². The van der Waals surface area contributed by atoms with E-state index in [-0.39, 0.29) is 63.4 Å². The van der Waals surface area contributed by atoms with Gasteiger partial charge in [0.2, 0.25) is 0 Å². The summed E-state index contributed by atoms with van der Waals surface area (Å²) < 4.78 is 8.88. The molecule has 13 heteroatoms. The van der Waals surface area contributed by atoms with Crippen molar-refractivity contribution in [2.75, 3.05) is 0 Å². The molecule has 0 saturated carbocycles. The Morgan fingerprint density at radius 2 is 1.00 bits per heavy atom. The molecule has 0 fully saturated rings. The van der Waals surface area contributed by atoms with Gasteiger partial charge in [-0.05, 0) is 0 Å². The molecule has 9 N–H and O–H groups in total. The summed E-state index contributed by atoms with van der Waals surface area (Å²) in [6.45, 7) is 0. The van der Waals surface area contributed by atoms with Crippen LogP contribution in [0.25, 0.3) is 0 Å². The molecule has 0 amide bonds. The summed E-state index contributed by atoms with van der Waals surface area (Å²) in [5.74, 6) is 0. The minimum absolute atomic E-state index is 0. The van der Waals surface area contributed by atoms with E-state index in [1.165, 1.54) is 0 Å². The van der Waals surface area contributed by atoms with Crippen molar-refractivity contribution in [3.8, 4) is 0 Å². The van der Waals surface area contributed by atoms with Crippen LogP contribution in [0.2, 0.25) is 0 Å². The summed E-state index contributed by atoms with van der Waals surface area (Å²) in [7, 11) is -9.25. The molecular formula is H14AlCaO9PSi. The second-order valence-electron chi connectivity index (χ2n) is 1.11. The molecule has 0 aliphatic heterocycles. The summed E-state index contributed by atoms with van der Waals surface area (Å²) in [5, 5.41) is 0. The predicted molar refractivity (Wildman–Crippen MR) is 50.4 cm³/mol. The van der Waals surface area contributed by atoms with Gasteiger partial charge in [-0.25, -0.2) is 4.57 Å². The molecule has 0 heterocycles. The van der Waals surface area contributed by atoms with Gasteiger partial charge >= 0.3 is 54.6 Å². The molecule has 0 aromatic rings. The molecule has 13 heavy (non-hydrogen) atoms. The fourth-order valence-electron chi connectivity index (χ4n) is 0. The van der Waals surface area contributed by atoms with Crippen LogP contribution in [0.4, 0.5) is 0 Å². The Hall–Kier alpha value is 1.92. The number of hydrogen-bond donors (Lipinski definition) is 7. The van der Waals surface area contributed by atoms with Crippen molar-refractivity contribution in [3.05, 3.63) is 0 Å². The van der Waals surface area contributed by atoms with Crippen molar-refractivity contribution >= 4 is 72.0 Å². The summed E-state index contributed by atoms with van der Waals surface area (Å²) in [4.78, 5) is 50.9. The van der Waals surface area contributed by atoms with E-state index >= 15 is 0 Å². The molecule has 82 valence electrons. The molecule has 0 rings (SSSR count). The zero-order valence-corrected chi connectivity index (χ0v) is 9.80. The zero-order valence-electron chi connectivity index (χ0n) is 7.69. The first-order valence-corrected chi connectivity index (χ1v) is 5.03. The second-order valence-corrected chi connectivity index (χ2v) is 3.34. The van der Waals surface area contributed by atoms with Gasteiger partial charge < -0.3 is 42.2 Å². The Balaban J connectivity index is -0.0000000128. The van der Waals surface area contributed by atoms with Crippen LogP contribution in [0, 0.1) is 0 Å². The summed E-state index contributed by atoms with van der Waals surface area (Å²) >= 11 is 0. The van der Waals surface area contributed by atoms with Crippen LogP contribution in [-0.4, -0.2) is 103 Å². The standard InChI is InChI=1S/Al.Ca.H3O4P.H4O4Si.H2O.5H/c;;2*1-5(2,3)4;;;;;;/h;;(H3,1,2,3,4);1-4H;1H2;;;;;/q;+2;;;;;;;2*-1. The van der Waals surface area contributed by atoms with Crippen LogP contribution in [0.5, 0.6) is 0 Å². The van der Waals surface area contributed by atoms with Gasteiger partial charge in [-0.15, -0.1) is 0 Å².